The van der Waals surface area contributed by atoms with Crippen LogP contribution < -0.4 is 5.32 Å². The standard InChI is InChI=1S/C13H22N4/c1-2-11-8-13-10-16(6-7-17(13)15-11)12-4-3-5-14-9-12/h8,12,14H,2-7,9-10H2,1H3/t12-/m0/s1. The average molecular weight is 234 g/mol. The zero-order valence-electron chi connectivity index (χ0n) is 10.7. The summed E-state index contributed by atoms with van der Waals surface area (Å²) in [6, 6.07) is 3.01. The van der Waals surface area contributed by atoms with Gasteiger partial charge in [0.05, 0.1) is 17.9 Å². The van der Waals surface area contributed by atoms with Crippen molar-refractivity contribution >= 4 is 0 Å². The Morgan fingerprint density at radius 3 is 3.18 bits per heavy atom. The summed E-state index contributed by atoms with van der Waals surface area (Å²) in [7, 11) is 0. The molecule has 3 heterocycles. The number of aromatic nitrogens is 2. The van der Waals surface area contributed by atoms with Crippen molar-refractivity contribution in [2.75, 3.05) is 19.6 Å². The Hall–Kier alpha value is -0.870. The molecule has 3 rings (SSSR count). The molecule has 1 aromatic rings. The van der Waals surface area contributed by atoms with Gasteiger partial charge in [0.1, 0.15) is 0 Å². The molecule has 0 amide bonds. The summed E-state index contributed by atoms with van der Waals surface area (Å²) in [5.41, 5.74) is 2.64. The summed E-state index contributed by atoms with van der Waals surface area (Å²) >= 11 is 0. The molecule has 94 valence electrons. The lowest BCUT2D eigenvalue weighted by Crippen LogP contribution is -2.48. The minimum Gasteiger partial charge on any atom is -0.315 e. The predicted octanol–water partition coefficient (Wildman–Crippen LogP) is 1.01. The van der Waals surface area contributed by atoms with Gasteiger partial charge in [-0.25, -0.2) is 0 Å². The van der Waals surface area contributed by atoms with Gasteiger partial charge in [-0.2, -0.15) is 5.10 Å². The second-order valence-corrected chi connectivity index (χ2v) is 5.17. The van der Waals surface area contributed by atoms with E-state index in [9.17, 15) is 0 Å². The van der Waals surface area contributed by atoms with Crippen molar-refractivity contribution in [3.63, 3.8) is 0 Å². The van der Waals surface area contributed by atoms with E-state index in [1.54, 1.807) is 0 Å². The Labute approximate surface area is 103 Å². The number of fused-ring (bicyclic) bond motifs is 1. The van der Waals surface area contributed by atoms with E-state index in [1.165, 1.54) is 30.8 Å². The second kappa shape index (κ2) is 4.78. The summed E-state index contributed by atoms with van der Waals surface area (Å²) in [5.74, 6) is 0. The van der Waals surface area contributed by atoms with E-state index in [1.807, 2.05) is 0 Å². The molecule has 1 aromatic heterocycles. The lowest BCUT2D eigenvalue weighted by Gasteiger charge is -2.37. The fourth-order valence-corrected chi connectivity index (χ4v) is 2.98. The number of rotatable bonds is 2. The van der Waals surface area contributed by atoms with Crippen molar-refractivity contribution in [1.82, 2.24) is 20.0 Å². The number of nitrogens with zero attached hydrogens (tertiary/aromatic N) is 3. The van der Waals surface area contributed by atoms with E-state index in [2.05, 4.69) is 33.0 Å². The van der Waals surface area contributed by atoms with Crippen LogP contribution in [0.15, 0.2) is 6.07 Å². The zero-order chi connectivity index (χ0) is 11.7. The van der Waals surface area contributed by atoms with Gasteiger partial charge in [-0.15, -0.1) is 0 Å². The molecule has 1 N–H and O–H groups in total. The number of piperidine rings is 1. The molecule has 0 saturated carbocycles. The summed E-state index contributed by atoms with van der Waals surface area (Å²) < 4.78 is 2.20. The average Bonchev–Trinajstić information content (AvgIpc) is 2.81. The number of hydrogen-bond donors (Lipinski definition) is 1. The predicted molar refractivity (Wildman–Crippen MR) is 67.9 cm³/mol. The maximum absolute atomic E-state index is 4.62. The van der Waals surface area contributed by atoms with E-state index in [0.29, 0.717) is 0 Å². The SMILES string of the molecule is CCc1cc2n(n1)CCN([C@H]1CCCNC1)C2. The first-order chi connectivity index (χ1) is 8.36. The van der Waals surface area contributed by atoms with Crippen LogP contribution in [0.5, 0.6) is 0 Å². The molecule has 1 atom stereocenters. The highest BCUT2D eigenvalue weighted by atomic mass is 15.3. The largest absolute Gasteiger partial charge is 0.315 e. The van der Waals surface area contributed by atoms with Crippen molar-refractivity contribution in [2.24, 2.45) is 0 Å². The van der Waals surface area contributed by atoms with Gasteiger partial charge in [-0.1, -0.05) is 6.92 Å². The third-order valence-corrected chi connectivity index (χ3v) is 4.03. The normalized spacial score (nSPS) is 25.8. The summed E-state index contributed by atoms with van der Waals surface area (Å²) in [5, 5.41) is 8.13. The van der Waals surface area contributed by atoms with E-state index in [4.69, 9.17) is 0 Å². The second-order valence-electron chi connectivity index (χ2n) is 5.17. The van der Waals surface area contributed by atoms with Gasteiger partial charge in [0.15, 0.2) is 0 Å². The highest BCUT2D eigenvalue weighted by Gasteiger charge is 2.25. The summed E-state index contributed by atoms with van der Waals surface area (Å²) in [4.78, 5) is 2.63. The third kappa shape index (κ3) is 2.24. The highest BCUT2D eigenvalue weighted by Crippen LogP contribution is 2.19. The first-order valence-electron chi connectivity index (χ1n) is 6.87. The van der Waals surface area contributed by atoms with Gasteiger partial charge in [-0.05, 0) is 31.9 Å². The lowest BCUT2D eigenvalue weighted by molar-refractivity contribution is 0.128. The van der Waals surface area contributed by atoms with Crippen molar-refractivity contribution in [3.05, 3.63) is 17.5 Å². The summed E-state index contributed by atoms with van der Waals surface area (Å²) in [6.45, 7) is 7.84. The topological polar surface area (TPSA) is 33.1 Å². The minimum absolute atomic E-state index is 0.734. The molecule has 0 spiro atoms. The van der Waals surface area contributed by atoms with Crippen LogP contribution in [-0.4, -0.2) is 40.4 Å². The highest BCUT2D eigenvalue weighted by molar-refractivity contribution is 5.12. The first kappa shape index (κ1) is 11.2. The van der Waals surface area contributed by atoms with E-state index >= 15 is 0 Å². The van der Waals surface area contributed by atoms with Crippen LogP contribution in [0.4, 0.5) is 0 Å². The van der Waals surface area contributed by atoms with Gasteiger partial charge in [0.25, 0.3) is 0 Å². The van der Waals surface area contributed by atoms with Crippen LogP contribution in [0.25, 0.3) is 0 Å². The quantitative estimate of drug-likeness (QED) is 0.829. The fourth-order valence-electron chi connectivity index (χ4n) is 2.98. The molecule has 0 aromatic carbocycles. The van der Waals surface area contributed by atoms with Crippen molar-refractivity contribution in [2.45, 2.75) is 45.3 Å². The number of nitrogens with one attached hydrogen (secondary N) is 1. The van der Waals surface area contributed by atoms with Gasteiger partial charge < -0.3 is 5.32 Å². The Morgan fingerprint density at radius 1 is 1.47 bits per heavy atom. The van der Waals surface area contributed by atoms with Gasteiger partial charge in [-0.3, -0.25) is 9.58 Å². The van der Waals surface area contributed by atoms with E-state index in [-0.39, 0.29) is 0 Å². The fraction of sp³-hybridized carbons (Fsp3) is 0.769. The molecular formula is C13H22N4. The Kier molecular flexibility index (Phi) is 3.16. The molecule has 1 fully saturated rings. The zero-order valence-corrected chi connectivity index (χ0v) is 10.7. The third-order valence-electron chi connectivity index (χ3n) is 4.03. The minimum atomic E-state index is 0.734. The van der Waals surface area contributed by atoms with Crippen LogP contribution in [0.1, 0.15) is 31.2 Å². The van der Waals surface area contributed by atoms with E-state index < -0.39 is 0 Å². The Balaban J connectivity index is 1.70. The molecule has 4 nitrogen and oxygen atoms in total. The van der Waals surface area contributed by atoms with Gasteiger partial charge >= 0.3 is 0 Å². The molecule has 0 bridgehead atoms. The monoisotopic (exact) mass is 234 g/mol. The van der Waals surface area contributed by atoms with Crippen LogP contribution in [-0.2, 0) is 19.5 Å². The maximum Gasteiger partial charge on any atom is 0.0625 e. The van der Waals surface area contributed by atoms with Crippen LogP contribution in [0.2, 0.25) is 0 Å². The smallest absolute Gasteiger partial charge is 0.0625 e. The number of hydrogen-bond acceptors (Lipinski definition) is 3. The molecule has 2 aliphatic heterocycles. The van der Waals surface area contributed by atoms with Gasteiger partial charge in [0.2, 0.25) is 0 Å². The Morgan fingerprint density at radius 2 is 2.41 bits per heavy atom. The molecule has 4 heteroatoms. The van der Waals surface area contributed by atoms with E-state index in [0.717, 1.165) is 38.6 Å². The van der Waals surface area contributed by atoms with Crippen LogP contribution in [0.3, 0.4) is 0 Å². The molecule has 0 aliphatic carbocycles. The number of aryl methyl sites for hydroxylation is 1. The lowest BCUT2D eigenvalue weighted by atomic mass is 10.0. The van der Waals surface area contributed by atoms with Crippen molar-refractivity contribution in [3.8, 4) is 0 Å². The Bertz CT molecular complexity index is 379. The van der Waals surface area contributed by atoms with Crippen molar-refractivity contribution in [1.29, 1.82) is 0 Å². The molecule has 17 heavy (non-hydrogen) atoms. The summed E-state index contributed by atoms with van der Waals surface area (Å²) in [6.07, 6.45) is 3.72. The first-order valence-corrected chi connectivity index (χ1v) is 6.87. The molecule has 0 radical (unpaired) electrons. The molecule has 0 unspecified atom stereocenters. The van der Waals surface area contributed by atoms with Crippen LogP contribution >= 0.6 is 0 Å². The molecule has 2 aliphatic rings. The van der Waals surface area contributed by atoms with Crippen LogP contribution in [0, 0.1) is 0 Å². The molecular weight excluding hydrogens is 212 g/mol. The molecule has 1 saturated heterocycles. The van der Waals surface area contributed by atoms with Crippen molar-refractivity contribution < 1.29 is 0 Å². The van der Waals surface area contributed by atoms with Gasteiger partial charge in [0, 0.05) is 25.7 Å². The maximum atomic E-state index is 4.62.